The van der Waals surface area contributed by atoms with E-state index in [9.17, 15) is 0 Å². The van der Waals surface area contributed by atoms with Crippen molar-refractivity contribution in [3.63, 3.8) is 0 Å². The maximum atomic E-state index is 4.34. The van der Waals surface area contributed by atoms with Gasteiger partial charge in [0.1, 0.15) is 6.33 Å². The number of nitrogens with zero attached hydrogens (tertiary/aromatic N) is 2. The monoisotopic (exact) mass is 205 g/mol. The average Bonchev–Trinajstić information content (AvgIpc) is 2.23. The summed E-state index contributed by atoms with van der Waals surface area (Å²) in [5.41, 5.74) is 1.14. The largest absolute Gasteiger partial charge is 0.309 e. The van der Waals surface area contributed by atoms with Crippen molar-refractivity contribution in [2.75, 3.05) is 6.54 Å². The zero-order valence-corrected chi connectivity index (χ0v) is 9.32. The summed E-state index contributed by atoms with van der Waals surface area (Å²) in [6, 6.07) is 2.44. The lowest BCUT2D eigenvalue weighted by atomic mass is 9.80. The second-order valence-corrected chi connectivity index (χ2v) is 4.28. The molecule has 1 heterocycles. The summed E-state index contributed by atoms with van der Waals surface area (Å²) in [5, 5.41) is 3.51. The van der Waals surface area contributed by atoms with Crippen molar-refractivity contribution in [2.45, 2.75) is 38.6 Å². The predicted octanol–water partition coefficient (Wildman–Crippen LogP) is 2.32. The van der Waals surface area contributed by atoms with E-state index in [0.29, 0.717) is 6.04 Å². The van der Waals surface area contributed by atoms with E-state index in [2.05, 4.69) is 22.2 Å². The molecule has 0 aromatic carbocycles. The van der Waals surface area contributed by atoms with E-state index >= 15 is 0 Å². The summed E-state index contributed by atoms with van der Waals surface area (Å²) in [5.74, 6) is 0.906. The van der Waals surface area contributed by atoms with Gasteiger partial charge in [-0.25, -0.2) is 9.97 Å². The third-order valence-corrected chi connectivity index (χ3v) is 3.21. The highest BCUT2D eigenvalue weighted by atomic mass is 14.9. The molecule has 0 amide bonds. The summed E-state index contributed by atoms with van der Waals surface area (Å²) < 4.78 is 0. The molecule has 1 fully saturated rings. The Balaban J connectivity index is 1.98. The lowest BCUT2D eigenvalue weighted by molar-refractivity contribution is 0.260. The molecule has 0 aliphatic heterocycles. The molecule has 1 aliphatic rings. The maximum absolute atomic E-state index is 4.34. The predicted molar refractivity (Wildman–Crippen MR) is 60.4 cm³/mol. The van der Waals surface area contributed by atoms with Crippen LogP contribution in [-0.4, -0.2) is 16.5 Å². The van der Waals surface area contributed by atoms with Crippen molar-refractivity contribution < 1.29 is 0 Å². The molecular formula is C12H19N3. The van der Waals surface area contributed by atoms with Gasteiger partial charge in [-0.1, -0.05) is 26.2 Å². The topological polar surface area (TPSA) is 37.8 Å². The zero-order valence-electron chi connectivity index (χ0n) is 9.32. The van der Waals surface area contributed by atoms with E-state index < -0.39 is 0 Å². The van der Waals surface area contributed by atoms with Crippen molar-refractivity contribution >= 4 is 0 Å². The van der Waals surface area contributed by atoms with Gasteiger partial charge in [0.25, 0.3) is 0 Å². The SMILES string of the molecule is CCNC(CC1CCC1)c1ccncn1. The summed E-state index contributed by atoms with van der Waals surface area (Å²) in [7, 11) is 0. The zero-order chi connectivity index (χ0) is 10.5. The van der Waals surface area contributed by atoms with Crippen LogP contribution in [-0.2, 0) is 0 Å². The van der Waals surface area contributed by atoms with E-state index in [1.165, 1.54) is 25.7 Å². The van der Waals surface area contributed by atoms with Gasteiger partial charge in [0.05, 0.1) is 5.69 Å². The Morgan fingerprint density at radius 3 is 2.93 bits per heavy atom. The molecule has 1 unspecified atom stereocenters. The lowest BCUT2D eigenvalue weighted by Gasteiger charge is -2.29. The van der Waals surface area contributed by atoms with Gasteiger partial charge < -0.3 is 5.32 Å². The summed E-state index contributed by atoms with van der Waals surface area (Å²) >= 11 is 0. The molecular weight excluding hydrogens is 186 g/mol. The van der Waals surface area contributed by atoms with Crippen molar-refractivity contribution in [1.82, 2.24) is 15.3 Å². The molecule has 1 N–H and O–H groups in total. The second-order valence-electron chi connectivity index (χ2n) is 4.28. The van der Waals surface area contributed by atoms with Crippen LogP contribution < -0.4 is 5.32 Å². The van der Waals surface area contributed by atoms with Crippen LogP contribution in [0.5, 0.6) is 0 Å². The van der Waals surface area contributed by atoms with E-state index in [0.717, 1.165) is 18.2 Å². The molecule has 2 rings (SSSR count). The maximum Gasteiger partial charge on any atom is 0.115 e. The molecule has 3 heteroatoms. The third-order valence-electron chi connectivity index (χ3n) is 3.21. The Kier molecular flexibility index (Phi) is 3.67. The van der Waals surface area contributed by atoms with Crippen molar-refractivity contribution in [1.29, 1.82) is 0 Å². The average molecular weight is 205 g/mol. The van der Waals surface area contributed by atoms with Crippen molar-refractivity contribution in [2.24, 2.45) is 5.92 Å². The highest BCUT2D eigenvalue weighted by Gasteiger charge is 2.23. The molecule has 0 spiro atoms. The van der Waals surface area contributed by atoms with Crippen LogP contribution in [0.3, 0.4) is 0 Å². The standard InChI is InChI=1S/C12H19N3/c1-2-14-12(8-10-4-3-5-10)11-6-7-13-9-15-11/h6-7,9-10,12,14H,2-5,8H2,1H3. The molecule has 0 radical (unpaired) electrons. The van der Waals surface area contributed by atoms with Gasteiger partial charge in [0.2, 0.25) is 0 Å². The fourth-order valence-corrected chi connectivity index (χ4v) is 2.12. The fraction of sp³-hybridized carbons (Fsp3) is 0.667. The molecule has 1 saturated carbocycles. The molecule has 82 valence electrons. The number of nitrogens with one attached hydrogen (secondary N) is 1. The molecule has 0 bridgehead atoms. The molecule has 1 aromatic rings. The van der Waals surface area contributed by atoms with Crippen LogP contribution in [0.2, 0.25) is 0 Å². The minimum Gasteiger partial charge on any atom is -0.309 e. The quantitative estimate of drug-likeness (QED) is 0.801. The smallest absolute Gasteiger partial charge is 0.115 e. The van der Waals surface area contributed by atoms with Gasteiger partial charge in [-0.05, 0) is 24.9 Å². The highest BCUT2D eigenvalue weighted by molar-refractivity contribution is 5.05. The van der Waals surface area contributed by atoms with Gasteiger partial charge in [0, 0.05) is 12.2 Å². The van der Waals surface area contributed by atoms with Gasteiger partial charge in [-0.3, -0.25) is 0 Å². The number of aromatic nitrogens is 2. The summed E-state index contributed by atoms with van der Waals surface area (Å²) in [6.45, 7) is 3.15. The number of rotatable bonds is 5. The van der Waals surface area contributed by atoms with Crippen LogP contribution in [0.4, 0.5) is 0 Å². The van der Waals surface area contributed by atoms with Crippen LogP contribution >= 0.6 is 0 Å². The molecule has 1 aromatic heterocycles. The number of hydrogen-bond acceptors (Lipinski definition) is 3. The summed E-state index contributed by atoms with van der Waals surface area (Å²) in [4.78, 5) is 8.30. The minimum atomic E-state index is 0.420. The van der Waals surface area contributed by atoms with Gasteiger partial charge in [-0.15, -0.1) is 0 Å². The van der Waals surface area contributed by atoms with E-state index in [1.54, 1.807) is 6.33 Å². The minimum absolute atomic E-state index is 0.420. The fourth-order valence-electron chi connectivity index (χ4n) is 2.12. The molecule has 1 aliphatic carbocycles. The Morgan fingerprint density at radius 2 is 2.40 bits per heavy atom. The molecule has 3 nitrogen and oxygen atoms in total. The number of hydrogen-bond donors (Lipinski definition) is 1. The summed E-state index contributed by atoms with van der Waals surface area (Å²) in [6.07, 6.45) is 8.89. The Labute approximate surface area is 91.3 Å². The Morgan fingerprint density at radius 1 is 1.53 bits per heavy atom. The normalized spacial score (nSPS) is 18.5. The first kappa shape index (κ1) is 10.6. The highest BCUT2D eigenvalue weighted by Crippen LogP contribution is 2.34. The second kappa shape index (κ2) is 5.21. The van der Waals surface area contributed by atoms with E-state index in [1.807, 2.05) is 12.3 Å². The van der Waals surface area contributed by atoms with Crippen LogP contribution in [0.15, 0.2) is 18.6 Å². The first-order valence-electron chi connectivity index (χ1n) is 5.89. The van der Waals surface area contributed by atoms with E-state index in [4.69, 9.17) is 0 Å². The van der Waals surface area contributed by atoms with Crippen molar-refractivity contribution in [3.05, 3.63) is 24.3 Å². The third kappa shape index (κ3) is 2.75. The molecule has 0 saturated heterocycles. The van der Waals surface area contributed by atoms with Gasteiger partial charge >= 0.3 is 0 Å². The first-order chi connectivity index (χ1) is 7.40. The Bertz CT molecular complexity index is 282. The Hall–Kier alpha value is -0.960. The van der Waals surface area contributed by atoms with Crippen LogP contribution in [0.1, 0.15) is 44.3 Å². The van der Waals surface area contributed by atoms with Crippen molar-refractivity contribution in [3.8, 4) is 0 Å². The van der Waals surface area contributed by atoms with Crippen LogP contribution in [0.25, 0.3) is 0 Å². The van der Waals surface area contributed by atoms with Gasteiger partial charge in [-0.2, -0.15) is 0 Å². The molecule has 1 atom stereocenters. The molecule has 15 heavy (non-hydrogen) atoms. The van der Waals surface area contributed by atoms with Gasteiger partial charge in [0.15, 0.2) is 0 Å². The lowest BCUT2D eigenvalue weighted by Crippen LogP contribution is -2.26. The first-order valence-corrected chi connectivity index (χ1v) is 5.89. The van der Waals surface area contributed by atoms with E-state index in [-0.39, 0.29) is 0 Å². The van der Waals surface area contributed by atoms with Crippen LogP contribution in [0, 0.1) is 5.92 Å².